The number of benzene rings is 1. The molecule has 1 unspecified atom stereocenters. The number of nitrogens with one attached hydrogen (secondary N) is 1. The molecule has 1 aromatic carbocycles. The van der Waals surface area contributed by atoms with Gasteiger partial charge in [0.05, 0.1) is 6.61 Å². The Hall–Kier alpha value is -0.580. The van der Waals surface area contributed by atoms with Crippen LogP contribution in [0.25, 0.3) is 0 Å². The van der Waals surface area contributed by atoms with Gasteiger partial charge in [-0.1, -0.05) is 6.07 Å². The standard InChI is InChI=1S/C13H20FNOS/c1-13(10-16,15-2)7-4-8-17-12-6-3-5-11(14)9-12/h3,5-6,9,15-16H,4,7-8,10H2,1-2H3. The SMILES string of the molecule is CNC(C)(CO)CCCSc1cccc(F)c1. The van der Waals surface area contributed by atoms with Crippen molar-refractivity contribution >= 4 is 11.8 Å². The molecule has 17 heavy (non-hydrogen) atoms. The number of rotatable bonds is 7. The lowest BCUT2D eigenvalue weighted by Crippen LogP contribution is -2.43. The number of aliphatic hydroxyl groups is 1. The molecule has 4 heteroatoms. The number of hydrogen-bond acceptors (Lipinski definition) is 3. The fraction of sp³-hybridized carbons (Fsp3) is 0.538. The van der Waals surface area contributed by atoms with Gasteiger partial charge in [-0.15, -0.1) is 11.8 Å². The minimum absolute atomic E-state index is 0.133. The van der Waals surface area contributed by atoms with Gasteiger partial charge in [0.2, 0.25) is 0 Å². The number of aliphatic hydroxyl groups excluding tert-OH is 1. The zero-order chi connectivity index (χ0) is 12.7. The molecule has 0 aliphatic heterocycles. The van der Waals surface area contributed by atoms with E-state index < -0.39 is 0 Å². The van der Waals surface area contributed by atoms with Crippen LogP contribution in [0.2, 0.25) is 0 Å². The maximum Gasteiger partial charge on any atom is 0.124 e. The van der Waals surface area contributed by atoms with Crippen molar-refractivity contribution in [1.29, 1.82) is 0 Å². The molecule has 0 radical (unpaired) electrons. The molecule has 0 amide bonds. The summed E-state index contributed by atoms with van der Waals surface area (Å²) in [6.45, 7) is 2.13. The first kappa shape index (κ1) is 14.5. The summed E-state index contributed by atoms with van der Waals surface area (Å²) in [6, 6.07) is 6.64. The number of likely N-dealkylation sites (N-methyl/N-ethyl adjacent to an activating group) is 1. The highest BCUT2D eigenvalue weighted by molar-refractivity contribution is 7.99. The smallest absolute Gasteiger partial charge is 0.124 e. The second kappa shape index (κ2) is 6.99. The fourth-order valence-corrected chi connectivity index (χ4v) is 2.39. The lowest BCUT2D eigenvalue weighted by atomic mass is 9.98. The highest BCUT2D eigenvalue weighted by atomic mass is 32.2. The van der Waals surface area contributed by atoms with Crippen molar-refractivity contribution in [1.82, 2.24) is 5.32 Å². The van der Waals surface area contributed by atoms with Crippen molar-refractivity contribution in [2.45, 2.75) is 30.2 Å². The zero-order valence-electron chi connectivity index (χ0n) is 10.4. The average molecular weight is 257 g/mol. The molecule has 0 bridgehead atoms. The Morgan fingerprint density at radius 2 is 2.24 bits per heavy atom. The molecule has 96 valence electrons. The van der Waals surface area contributed by atoms with Gasteiger partial charge in [-0.3, -0.25) is 0 Å². The predicted octanol–water partition coefficient (Wildman–Crippen LogP) is 2.67. The van der Waals surface area contributed by atoms with Gasteiger partial charge in [-0.05, 0) is 50.8 Å². The monoisotopic (exact) mass is 257 g/mol. The van der Waals surface area contributed by atoms with E-state index >= 15 is 0 Å². The van der Waals surface area contributed by atoms with Gasteiger partial charge < -0.3 is 10.4 Å². The van der Waals surface area contributed by atoms with E-state index in [1.807, 2.05) is 20.0 Å². The van der Waals surface area contributed by atoms with Crippen LogP contribution in [0.1, 0.15) is 19.8 Å². The van der Waals surface area contributed by atoms with Gasteiger partial charge in [0.1, 0.15) is 5.82 Å². The summed E-state index contributed by atoms with van der Waals surface area (Å²) in [6.07, 6.45) is 1.89. The molecular weight excluding hydrogens is 237 g/mol. The van der Waals surface area contributed by atoms with E-state index in [-0.39, 0.29) is 18.0 Å². The van der Waals surface area contributed by atoms with E-state index in [2.05, 4.69) is 5.32 Å². The van der Waals surface area contributed by atoms with E-state index in [9.17, 15) is 9.50 Å². The molecule has 0 saturated heterocycles. The molecule has 0 heterocycles. The van der Waals surface area contributed by atoms with Crippen molar-refractivity contribution < 1.29 is 9.50 Å². The van der Waals surface area contributed by atoms with Crippen LogP contribution in [0.4, 0.5) is 4.39 Å². The molecule has 0 aromatic heterocycles. The quantitative estimate of drug-likeness (QED) is 0.582. The normalized spacial score (nSPS) is 14.6. The number of halogens is 1. The Morgan fingerprint density at radius 3 is 2.82 bits per heavy atom. The maximum absolute atomic E-state index is 12.9. The summed E-state index contributed by atoms with van der Waals surface area (Å²) in [5, 5.41) is 12.3. The topological polar surface area (TPSA) is 32.3 Å². The Kier molecular flexibility index (Phi) is 5.95. The van der Waals surface area contributed by atoms with Crippen molar-refractivity contribution in [2.75, 3.05) is 19.4 Å². The summed E-state index contributed by atoms with van der Waals surface area (Å²) < 4.78 is 12.9. The Morgan fingerprint density at radius 1 is 1.47 bits per heavy atom. The Bertz CT molecular complexity index is 342. The number of hydrogen-bond donors (Lipinski definition) is 2. The second-order valence-corrected chi connectivity index (χ2v) is 5.55. The van der Waals surface area contributed by atoms with Gasteiger partial charge in [-0.25, -0.2) is 4.39 Å². The molecular formula is C13H20FNOS. The minimum Gasteiger partial charge on any atom is -0.394 e. The van der Waals surface area contributed by atoms with E-state index in [1.54, 1.807) is 23.9 Å². The van der Waals surface area contributed by atoms with Crippen molar-refractivity contribution in [2.24, 2.45) is 0 Å². The van der Waals surface area contributed by atoms with Crippen LogP contribution in [0.15, 0.2) is 29.2 Å². The van der Waals surface area contributed by atoms with Crippen LogP contribution in [-0.4, -0.2) is 30.1 Å². The maximum atomic E-state index is 12.9. The van der Waals surface area contributed by atoms with Crippen LogP contribution < -0.4 is 5.32 Å². The average Bonchev–Trinajstić information content (AvgIpc) is 2.34. The third-order valence-electron chi connectivity index (χ3n) is 2.89. The van der Waals surface area contributed by atoms with Crippen LogP contribution >= 0.6 is 11.8 Å². The lowest BCUT2D eigenvalue weighted by Gasteiger charge is -2.26. The molecule has 1 atom stereocenters. The van der Waals surface area contributed by atoms with E-state index in [1.165, 1.54) is 6.07 Å². The van der Waals surface area contributed by atoms with E-state index in [4.69, 9.17) is 0 Å². The molecule has 0 aliphatic rings. The summed E-state index contributed by atoms with van der Waals surface area (Å²) >= 11 is 1.65. The van der Waals surface area contributed by atoms with Gasteiger partial charge in [0.15, 0.2) is 0 Å². The highest BCUT2D eigenvalue weighted by Crippen LogP contribution is 2.21. The van der Waals surface area contributed by atoms with E-state index in [0.29, 0.717) is 0 Å². The third-order valence-corrected chi connectivity index (χ3v) is 3.97. The summed E-state index contributed by atoms with van der Waals surface area (Å²) in [5.41, 5.74) is -0.206. The zero-order valence-corrected chi connectivity index (χ0v) is 11.2. The van der Waals surface area contributed by atoms with Gasteiger partial charge in [0.25, 0.3) is 0 Å². The van der Waals surface area contributed by atoms with Crippen LogP contribution in [0, 0.1) is 5.82 Å². The highest BCUT2D eigenvalue weighted by Gasteiger charge is 2.19. The first-order valence-corrected chi connectivity index (χ1v) is 6.76. The molecule has 0 saturated carbocycles. The van der Waals surface area contributed by atoms with Crippen LogP contribution in [-0.2, 0) is 0 Å². The Balaban J connectivity index is 2.29. The number of thioether (sulfide) groups is 1. The third kappa shape index (κ3) is 5.06. The molecule has 1 aromatic rings. The summed E-state index contributed by atoms with van der Waals surface area (Å²) in [4.78, 5) is 0.958. The predicted molar refractivity (Wildman–Crippen MR) is 70.9 cm³/mol. The van der Waals surface area contributed by atoms with E-state index in [0.717, 1.165) is 23.5 Å². The van der Waals surface area contributed by atoms with Crippen molar-refractivity contribution in [3.63, 3.8) is 0 Å². The molecule has 1 rings (SSSR count). The second-order valence-electron chi connectivity index (χ2n) is 4.38. The summed E-state index contributed by atoms with van der Waals surface area (Å²) in [7, 11) is 1.86. The van der Waals surface area contributed by atoms with Gasteiger partial charge >= 0.3 is 0 Å². The van der Waals surface area contributed by atoms with Crippen LogP contribution in [0.3, 0.4) is 0 Å². The molecule has 0 spiro atoms. The summed E-state index contributed by atoms with van der Waals surface area (Å²) in [5.74, 6) is 0.742. The van der Waals surface area contributed by atoms with Crippen LogP contribution in [0.5, 0.6) is 0 Å². The van der Waals surface area contributed by atoms with Crippen molar-refractivity contribution in [3.05, 3.63) is 30.1 Å². The molecule has 0 fully saturated rings. The van der Waals surface area contributed by atoms with Gasteiger partial charge in [-0.2, -0.15) is 0 Å². The van der Waals surface area contributed by atoms with Gasteiger partial charge in [0, 0.05) is 10.4 Å². The lowest BCUT2D eigenvalue weighted by molar-refractivity contribution is 0.173. The Labute approximate surface area is 107 Å². The largest absolute Gasteiger partial charge is 0.394 e. The van der Waals surface area contributed by atoms with Crippen molar-refractivity contribution in [3.8, 4) is 0 Å². The fourth-order valence-electron chi connectivity index (χ4n) is 1.49. The molecule has 0 aliphatic carbocycles. The first-order valence-electron chi connectivity index (χ1n) is 5.78. The molecule has 2 nitrogen and oxygen atoms in total. The first-order chi connectivity index (χ1) is 8.09. The molecule has 2 N–H and O–H groups in total. The minimum atomic E-state index is -0.206.